The zero-order valence-electron chi connectivity index (χ0n) is 19.3. The molecule has 6 rings (SSSR count). The fourth-order valence-electron chi connectivity index (χ4n) is 4.63. The quantitative estimate of drug-likeness (QED) is 0.456. The number of para-hydroxylation sites is 3. The highest BCUT2D eigenvalue weighted by atomic mass is 19.1. The van der Waals surface area contributed by atoms with Crippen LogP contribution < -0.4 is 15.5 Å². The highest BCUT2D eigenvalue weighted by molar-refractivity contribution is 5.76. The first-order valence-electron chi connectivity index (χ1n) is 12.0. The Bertz CT molecular complexity index is 1310. The van der Waals surface area contributed by atoms with Crippen LogP contribution in [0.1, 0.15) is 24.8 Å². The van der Waals surface area contributed by atoms with Crippen molar-refractivity contribution in [3.63, 3.8) is 0 Å². The van der Waals surface area contributed by atoms with E-state index in [2.05, 4.69) is 20.5 Å². The molecule has 2 fully saturated rings. The number of piperidine rings is 1. The Labute approximate surface area is 202 Å². The number of halogens is 1. The van der Waals surface area contributed by atoms with E-state index in [0.29, 0.717) is 36.6 Å². The molecule has 35 heavy (non-hydrogen) atoms. The van der Waals surface area contributed by atoms with Gasteiger partial charge in [-0.15, -0.1) is 0 Å². The number of benzene rings is 2. The van der Waals surface area contributed by atoms with Gasteiger partial charge in [-0.1, -0.05) is 24.3 Å². The lowest BCUT2D eigenvalue weighted by Gasteiger charge is -2.33. The third kappa shape index (κ3) is 4.54. The maximum atomic E-state index is 14.1. The summed E-state index contributed by atoms with van der Waals surface area (Å²) in [6.07, 6.45) is 3.21. The van der Waals surface area contributed by atoms with Gasteiger partial charge in [-0.05, 0) is 37.1 Å². The number of aromatic nitrogens is 5. The number of anilines is 2. The smallest absolute Gasteiger partial charge is 0.240 e. The number of morpholine rings is 1. The Morgan fingerprint density at radius 2 is 1.77 bits per heavy atom. The minimum atomic E-state index is -0.237. The van der Waals surface area contributed by atoms with Crippen molar-refractivity contribution in [1.82, 2.24) is 29.8 Å². The largest absolute Gasteiger partial charge is 0.380 e. The second-order valence-corrected chi connectivity index (χ2v) is 8.85. The summed E-state index contributed by atoms with van der Waals surface area (Å²) in [5.41, 5.74) is 2.36. The van der Waals surface area contributed by atoms with Crippen molar-refractivity contribution in [2.45, 2.75) is 25.0 Å². The highest BCUT2D eigenvalue weighted by Gasteiger charge is 2.26. The average Bonchev–Trinajstić information content (AvgIpc) is 3.35. The fraction of sp³-hybridized carbons (Fsp3) is 0.360. The highest BCUT2D eigenvalue weighted by Crippen LogP contribution is 2.25. The van der Waals surface area contributed by atoms with Gasteiger partial charge in [0.25, 0.3) is 0 Å². The summed E-state index contributed by atoms with van der Waals surface area (Å²) in [6, 6.07) is 14.9. The van der Waals surface area contributed by atoms with Crippen molar-refractivity contribution in [3.8, 4) is 5.95 Å². The molecule has 4 heterocycles. The zero-order chi connectivity index (χ0) is 23.6. The van der Waals surface area contributed by atoms with Crippen LogP contribution in [-0.4, -0.2) is 63.3 Å². The van der Waals surface area contributed by atoms with E-state index in [1.807, 2.05) is 34.9 Å². The minimum Gasteiger partial charge on any atom is -0.380 e. The molecule has 4 aromatic rings. The molecule has 0 radical (unpaired) electrons. The third-order valence-corrected chi connectivity index (χ3v) is 6.53. The molecule has 1 atom stereocenters. The summed E-state index contributed by atoms with van der Waals surface area (Å²) in [5.74, 6) is 1.54. The van der Waals surface area contributed by atoms with Crippen LogP contribution in [0.15, 0.2) is 54.9 Å². The molecule has 0 spiro atoms. The van der Waals surface area contributed by atoms with Crippen molar-refractivity contribution in [3.05, 3.63) is 66.5 Å². The molecular formula is C25H27FN8O. The normalized spacial score (nSPS) is 19.2. The molecule has 2 aliphatic rings. The van der Waals surface area contributed by atoms with Gasteiger partial charge in [0, 0.05) is 32.2 Å². The standard InChI is InChI=1S/C25H27FN8O/c26-18-5-1-2-6-19(18)29-17-9-12-33(13-10-17)24-30-23(22-15-27-11-14-35-22)31-25(32-24)34-16-28-20-7-3-4-8-21(20)34/h1-8,16-17,22,27,29H,9-15H2. The number of hydrogen-bond donors (Lipinski definition) is 2. The van der Waals surface area contributed by atoms with Crippen molar-refractivity contribution >= 4 is 22.7 Å². The monoisotopic (exact) mass is 474 g/mol. The number of fused-ring (bicyclic) bond motifs is 1. The molecule has 9 nitrogen and oxygen atoms in total. The van der Waals surface area contributed by atoms with E-state index in [4.69, 9.17) is 19.7 Å². The summed E-state index contributed by atoms with van der Waals surface area (Å²) >= 11 is 0. The van der Waals surface area contributed by atoms with Crippen LogP contribution in [0.3, 0.4) is 0 Å². The van der Waals surface area contributed by atoms with Crippen molar-refractivity contribution in [2.24, 2.45) is 0 Å². The molecule has 2 N–H and O–H groups in total. The van der Waals surface area contributed by atoms with Gasteiger partial charge >= 0.3 is 0 Å². The van der Waals surface area contributed by atoms with E-state index >= 15 is 0 Å². The van der Waals surface area contributed by atoms with Gasteiger partial charge in [0.1, 0.15) is 18.2 Å². The van der Waals surface area contributed by atoms with Crippen LogP contribution in [0.2, 0.25) is 0 Å². The summed E-state index contributed by atoms with van der Waals surface area (Å²) < 4.78 is 21.9. The van der Waals surface area contributed by atoms with E-state index in [0.717, 1.165) is 43.5 Å². The maximum Gasteiger partial charge on any atom is 0.240 e. The lowest BCUT2D eigenvalue weighted by Crippen LogP contribution is -2.41. The molecule has 2 aromatic carbocycles. The third-order valence-electron chi connectivity index (χ3n) is 6.53. The number of nitrogens with one attached hydrogen (secondary N) is 2. The van der Waals surface area contributed by atoms with Crippen LogP contribution in [0.5, 0.6) is 0 Å². The SMILES string of the molecule is Fc1ccccc1NC1CCN(c2nc(C3CNCCO3)nc(-n3cnc4ccccc43)n2)CC1. The molecule has 1 unspecified atom stereocenters. The predicted octanol–water partition coefficient (Wildman–Crippen LogP) is 3.09. The van der Waals surface area contributed by atoms with Crippen molar-refractivity contribution in [2.75, 3.05) is 43.0 Å². The molecule has 0 amide bonds. The lowest BCUT2D eigenvalue weighted by molar-refractivity contribution is 0.0220. The molecular weight excluding hydrogens is 447 g/mol. The first-order chi connectivity index (χ1) is 17.2. The Morgan fingerprint density at radius 1 is 0.971 bits per heavy atom. The minimum absolute atomic E-state index is 0.187. The van der Waals surface area contributed by atoms with Crippen LogP contribution >= 0.6 is 0 Å². The summed E-state index contributed by atoms with van der Waals surface area (Å²) in [5, 5.41) is 6.70. The molecule has 10 heteroatoms. The Morgan fingerprint density at radius 3 is 2.60 bits per heavy atom. The Balaban J connectivity index is 1.27. The van der Waals surface area contributed by atoms with E-state index in [9.17, 15) is 4.39 Å². The lowest BCUT2D eigenvalue weighted by atomic mass is 10.0. The van der Waals surface area contributed by atoms with Gasteiger partial charge in [-0.25, -0.2) is 9.37 Å². The van der Waals surface area contributed by atoms with Gasteiger partial charge < -0.3 is 20.3 Å². The van der Waals surface area contributed by atoms with Gasteiger partial charge in [-0.3, -0.25) is 4.57 Å². The molecule has 2 aromatic heterocycles. The van der Waals surface area contributed by atoms with Crippen molar-refractivity contribution < 1.29 is 9.13 Å². The van der Waals surface area contributed by atoms with Crippen LogP contribution in [0.25, 0.3) is 17.0 Å². The van der Waals surface area contributed by atoms with E-state index < -0.39 is 0 Å². The average molecular weight is 475 g/mol. The second-order valence-electron chi connectivity index (χ2n) is 8.85. The molecule has 2 saturated heterocycles. The number of imidazole rings is 1. The summed E-state index contributed by atoms with van der Waals surface area (Å²) in [6.45, 7) is 3.59. The van der Waals surface area contributed by atoms with E-state index in [-0.39, 0.29) is 18.0 Å². The Hall–Kier alpha value is -3.63. The number of hydrogen-bond acceptors (Lipinski definition) is 8. The first kappa shape index (κ1) is 21.9. The van der Waals surface area contributed by atoms with Crippen LogP contribution in [0, 0.1) is 5.82 Å². The Kier molecular flexibility index (Phi) is 5.97. The molecule has 2 aliphatic heterocycles. The van der Waals surface area contributed by atoms with Gasteiger partial charge in [0.05, 0.1) is 23.3 Å². The number of ether oxygens (including phenoxy) is 1. The van der Waals surface area contributed by atoms with E-state index in [1.165, 1.54) is 6.07 Å². The second kappa shape index (κ2) is 9.55. The summed E-state index contributed by atoms with van der Waals surface area (Å²) in [7, 11) is 0. The van der Waals surface area contributed by atoms with Gasteiger partial charge in [0.15, 0.2) is 5.82 Å². The molecule has 0 bridgehead atoms. The van der Waals surface area contributed by atoms with Crippen molar-refractivity contribution in [1.29, 1.82) is 0 Å². The fourth-order valence-corrected chi connectivity index (χ4v) is 4.63. The summed E-state index contributed by atoms with van der Waals surface area (Å²) in [4.78, 5) is 21.1. The maximum absolute atomic E-state index is 14.1. The number of nitrogens with zero attached hydrogens (tertiary/aromatic N) is 6. The zero-order valence-corrected chi connectivity index (χ0v) is 19.3. The topological polar surface area (TPSA) is 93.0 Å². The molecule has 0 aliphatic carbocycles. The number of rotatable bonds is 5. The van der Waals surface area contributed by atoms with E-state index in [1.54, 1.807) is 18.5 Å². The predicted molar refractivity (Wildman–Crippen MR) is 131 cm³/mol. The van der Waals surface area contributed by atoms with Gasteiger partial charge in [-0.2, -0.15) is 15.0 Å². The van der Waals surface area contributed by atoms with Crippen LogP contribution in [0.4, 0.5) is 16.0 Å². The van der Waals surface area contributed by atoms with Gasteiger partial charge in [0.2, 0.25) is 11.9 Å². The first-order valence-corrected chi connectivity index (χ1v) is 12.0. The van der Waals surface area contributed by atoms with Crippen LogP contribution in [-0.2, 0) is 4.74 Å². The molecule has 0 saturated carbocycles. The molecule has 180 valence electrons.